The normalized spacial score (nSPS) is 23.1. The molecule has 0 aliphatic heterocycles. The smallest absolute Gasteiger partial charge is 0.233 e. The van der Waals surface area contributed by atoms with Crippen LogP contribution in [0.5, 0.6) is 5.88 Å². The zero-order chi connectivity index (χ0) is 25.0. The number of alkyl halides is 2. The van der Waals surface area contributed by atoms with Crippen molar-refractivity contribution in [2.75, 3.05) is 23.9 Å². The van der Waals surface area contributed by atoms with E-state index in [1.54, 1.807) is 23.9 Å². The molecule has 1 aromatic carbocycles. The molecule has 0 saturated heterocycles. The zero-order valence-corrected chi connectivity index (χ0v) is 21.0. The maximum atomic E-state index is 13.8. The molecule has 4 atom stereocenters. The van der Waals surface area contributed by atoms with E-state index < -0.39 is 34.0 Å². The second-order valence-electron chi connectivity index (χ2n) is 9.04. The van der Waals surface area contributed by atoms with Gasteiger partial charge in [-0.3, -0.25) is 4.79 Å². The largest absolute Gasteiger partial charge is 0.476 e. The number of hydrogen-bond donors (Lipinski definition) is 1. The molecular weight excluding hydrogens is 496 g/mol. The molecule has 2 aromatic rings. The number of carbonyl (C=O) groups is 1. The lowest BCUT2D eigenvalue weighted by atomic mass is 9.87. The number of sulfone groups is 1. The molecule has 2 aliphatic carbocycles. The minimum absolute atomic E-state index is 0.0565. The van der Waals surface area contributed by atoms with Crippen molar-refractivity contribution in [3.05, 3.63) is 42.2 Å². The summed E-state index contributed by atoms with van der Waals surface area (Å²) in [6.07, 6.45) is 3.39. The predicted molar refractivity (Wildman–Crippen MR) is 131 cm³/mol. The Hall–Kier alpha value is -2.27. The van der Waals surface area contributed by atoms with Crippen LogP contribution in [-0.4, -0.2) is 60.5 Å². The summed E-state index contributed by atoms with van der Waals surface area (Å²) in [6.45, 7) is 0.489. The van der Waals surface area contributed by atoms with Crippen LogP contribution < -0.4 is 10.1 Å². The summed E-state index contributed by atoms with van der Waals surface area (Å²) in [7, 11) is -3.36. The van der Waals surface area contributed by atoms with Gasteiger partial charge in [0.15, 0.2) is 15.7 Å². The predicted octanol–water partition coefficient (Wildman–Crippen LogP) is 4.35. The van der Waals surface area contributed by atoms with Crippen LogP contribution in [0.2, 0.25) is 0 Å². The molecule has 0 radical (unpaired) electrons. The molecule has 1 N–H and O–H groups in total. The van der Waals surface area contributed by atoms with Gasteiger partial charge in [-0.1, -0.05) is 12.1 Å². The molecule has 7 nitrogen and oxygen atoms in total. The average Bonchev–Trinajstić information content (AvgIpc) is 3.65. The molecular formula is C24H29F2N3O4S2. The van der Waals surface area contributed by atoms with Gasteiger partial charge in [0, 0.05) is 5.75 Å². The van der Waals surface area contributed by atoms with E-state index in [1.807, 2.05) is 6.26 Å². The third-order valence-electron chi connectivity index (χ3n) is 6.39. The molecule has 2 fully saturated rings. The molecule has 11 heteroatoms. The van der Waals surface area contributed by atoms with Gasteiger partial charge in [-0.25, -0.2) is 27.2 Å². The van der Waals surface area contributed by atoms with Crippen molar-refractivity contribution in [2.24, 2.45) is 5.92 Å². The van der Waals surface area contributed by atoms with Crippen LogP contribution in [0.1, 0.15) is 43.6 Å². The first-order valence-corrected chi connectivity index (χ1v) is 14.6. The Kier molecular flexibility index (Phi) is 8.26. The number of hydrogen-bond acceptors (Lipinski definition) is 7. The summed E-state index contributed by atoms with van der Waals surface area (Å²) in [5, 5.41) is 2.39. The number of anilines is 1. The first kappa shape index (κ1) is 25.8. The van der Waals surface area contributed by atoms with Gasteiger partial charge in [-0.05, 0) is 62.0 Å². The molecule has 190 valence electrons. The quantitative estimate of drug-likeness (QED) is 0.436. The molecule has 0 unspecified atom stereocenters. The SMILES string of the molecule is CSCCOc1cnc(NC(=O)[C@H](C[C@H]2C[C@@H](F)[C@@H](F)C2)c2ccc(S(=O)(=O)C3CC3)cc2)cn1. The fraction of sp³-hybridized carbons (Fsp3) is 0.542. The first-order chi connectivity index (χ1) is 16.8. The van der Waals surface area contributed by atoms with E-state index in [0.717, 1.165) is 5.75 Å². The van der Waals surface area contributed by atoms with Crippen LogP contribution in [0.4, 0.5) is 14.6 Å². The monoisotopic (exact) mass is 525 g/mol. The highest BCUT2D eigenvalue weighted by atomic mass is 32.2. The summed E-state index contributed by atoms with van der Waals surface area (Å²) < 4.78 is 58.1. The van der Waals surface area contributed by atoms with Gasteiger partial charge < -0.3 is 10.1 Å². The van der Waals surface area contributed by atoms with Crippen molar-refractivity contribution in [1.82, 2.24) is 9.97 Å². The number of halogens is 2. The van der Waals surface area contributed by atoms with E-state index in [9.17, 15) is 22.0 Å². The summed E-state index contributed by atoms with van der Waals surface area (Å²) >= 11 is 1.64. The molecule has 1 heterocycles. The topological polar surface area (TPSA) is 98.2 Å². The van der Waals surface area contributed by atoms with E-state index in [4.69, 9.17) is 4.74 Å². The lowest BCUT2D eigenvalue weighted by Gasteiger charge is -2.20. The lowest BCUT2D eigenvalue weighted by Crippen LogP contribution is -2.24. The minimum atomic E-state index is -3.36. The Bertz CT molecular complexity index is 1100. The van der Waals surface area contributed by atoms with Crippen LogP contribution in [-0.2, 0) is 14.6 Å². The number of benzene rings is 1. The molecule has 35 heavy (non-hydrogen) atoms. The third-order valence-corrected chi connectivity index (χ3v) is 9.24. The summed E-state index contributed by atoms with van der Waals surface area (Å²) in [5.74, 6) is -0.0500. The van der Waals surface area contributed by atoms with Gasteiger partial charge in [0.2, 0.25) is 11.8 Å². The van der Waals surface area contributed by atoms with Gasteiger partial charge >= 0.3 is 0 Å². The van der Waals surface area contributed by atoms with Crippen molar-refractivity contribution < 1.29 is 26.7 Å². The number of carbonyl (C=O) groups excluding carboxylic acids is 1. The summed E-state index contributed by atoms with van der Waals surface area (Å²) in [6, 6.07) is 6.24. The third kappa shape index (κ3) is 6.49. The van der Waals surface area contributed by atoms with Crippen molar-refractivity contribution in [2.45, 2.75) is 60.5 Å². The Morgan fingerprint density at radius 3 is 2.40 bits per heavy atom. The van der Waals surface area contributed by atoms with Crippen molar-refractivity contribution in [1.29, 1.82) is 0 Å². The lowest BCUT2D eigenvalue weighted by molar-refractivity contribution is -0.118. The maximum absolute atomic E-state index is 13.8. The highest BCUT2D eigenvalue weighted by molar-refractivity contribution is 7.98. The van der Waals surface area contributed by atoms with Gasteiger partial charge in [-0.2, -0.15) is 11.8 Å². The van der Waals surface area contributed by atoms with Crippen LogP contribution in [0, 0.1) is 5.92 Å². The Morgan fingerprint density at radius 2 is 1.83 bits per heavy atom. The van der Waals surface area contributed by atoms with E-state index in [-0.39, 0.29) is 41.1 Å². The number of nitrogens with one attached hydrogen (secondary N) is 1. The maximum Gasteiger partial charge on any atom is 0.233 e. The number of thioether (sulfide) groups is 1. The van der Waals surface area contributed by atoms with E-state index >= 15 is 0 Å². The van der Waals surface area contributed by atoms with Crippen molar-refractivity contribution in [3.8, 4) is 5.88 Å². The van der Waals surface area contributed by atoms with Crippen LogP contribution >= 0.6 is 11.8 Å². The number of aromatic nitrogens is 2. The molecule has 2 aliphatic rings. The second-order valence-corrected chi connectivity index (χ2v) is 12.3. The van der Waals surface area contributed by atoms with Crippen LogP contribution in [0.25, 0.3) is 0 Å². The summed E-state index contributed by atoms with van der Waals surface area (Å²) in [5.41, 5.74) is 0.583. The van der Waals surface area contributed by atoms with Crippen molar-refractivity contribution >= 4 is 33.3 Å². The number of rotatable bonds is 11. The highest BCUT2D eigenvalue weighted by Crippen LogP contribution is 2.39. The van der Waals surface area contributed by atoms with Crippen LogP contribution in [0.15, 0.2) is 41.6 Å². The van der Waals surface area contributed by atoms with Gasteiger partial charge in [-0.15, -0.1) is 0 Å². The van der Waals surface area contributed by atoms with Crippen molar-refractivity contribution in [3.63, 3.8) is 0 Å². The van der Waals surface area contributed by atoms with Gasteiger partial charge in [0.25, 0.3) is 0 Å². The summed E-state index contributed by atoms with van der Waals surface area (Å²) in [4.78, 5) is 21.8. The Balaban J connectivity index is 1.49. The fourth-order valence-electron chi connectivity index (χ4n) is 4.31. The Morgan fingerprint density at radius 1 is 1.14 bits per heavy atom. The first-order valence-electron chi connectivity index (χ1n) is 11.6. The minimum Gasteiger partial charge on any atom is -0.476 e. The standard InChI is InChI=1S/C24H29F2N3O4S2/c1-34-9-8-33-23-14-27-22(13-28-23)29-24(30)19(10-15-11-20(25)21(26)12-15)16-2-4-17(5-3-16)35(31,32)18-6-7-18/h2-5,13-15,18-21H,6-12H2,1H3,(H,27,29,30)/t15-,19-,20+,21-/m1/s1. The number of ether oxygens (including phenoxy) is 1. The van der Waals surface area contributed by atoms with Gasteiger partial charge in [0.1, 0.15) is 12.3 Å². The molecule has 1 aromatic heterocycles. The van der Waals surface area contributed by atoms with E-state index in [2.05, 4.69) is 15.3 Å². The number of amides is 1. The number of nitrogens with zero attached hydrogens (tertiary/aromatic N) is 2. The van der Waals surface area contributed by atoms with Crippen LogP contribution in [0.3, 0.4) is 0 Å². The molecule has 0 bridgehead atoms. The molecule has 2 saturated carbocycles. The molecule has 1 amide bonds. The zero-order valence-electron chi connectivity index (χ0n) is 19.4. The fourth-order valence-corrected chi connectivity index (χ4v) is 6.21. The Labute approximate surface area is 208 Å². The van der Waals surface area contributed by atoms with E-state index in [1.165, 1.54) is 24.5 Å². The average molecular weight is 526 g/mol. The van der Waals surface area contributed by atoms with E-state index in [0.29, 0.717) is 30.9 Å². The molecule has 0 spiro atoms. The molecule has 4 rings (SSSR count). The highest BCUT2D eigenvalue weighted by Gasteiger charge is 2.38. The van der Waals surface area contributed by atoms with Gasteiger partial charge in [0.05, 0.1) is 35.1 Å². The second kappa shape index (κ2) is 11.2.